The van der Waals surface area contributed by atoms with Gasteiger partial charge in [0, 0.05) is 12.8 Å². The van der Waals surface area contributed by atoms with Crippen LogP contribution < -0.4 is 0 Å². The fourth-order valence-corrected chi connectivity index (χ4v) is 0.909. The summed E-state index contributed by atoms with van der Waals surface area (Å²) in [5.74, 6) is -2.65. The van der Waals surface area contributed by atoms with Crippen molar-refractivity contribution in [3.05, 3.63) is 0 Å². The summed E-state index contributed by atoms with van der Waals surface area (Å²) in [5.41, 5.74) is 0. The lowest BCUT2D eigenvalue weighted by atomic mass is 10.3. The molecule has 1 rings (SSSR count). The van der Waals surface area contributed by atoms with Crippen LogP contribution in [0.15, 0.2) is 0 Å². The van der Waals surface area contributed by atoms with Gasteiger partial charge in [-0.25, -0.2) is 13.9 Å². The second-order valence-electron chi connectivity index (χ2n) is 2.22. The highest BCUT2D eigenvalue weighted by atomic mass is 19.3. The van der Waals surface area contributed by atoms with Gasteiger partial charge in [-0.1, -0.05) is 0 Å². The first-order chi connectivity index (χ1) is 3.60. The van der Waals surface area contributed by atoms with E-state index in [0.29, 0.717) is 0 Å². The Morgan fingerprint density at radius 1 is 1.50 bits per heavy atom. The first-order valence-electron chi connectivity index (χ1n) is 2.64. The van der Waals surface area contributed by atoms with Gasteiger partial charge in [-0.15, -0.1) is 0 Å². The molecule has 0 N–H and O–H groups in total. The van der Waals surface area contributed by atoms with Gasteiger partial charge in [0.05, 0.1) is 6.10 Å². The van der Waals surface area contributed by atoms with Crippen molar-refractivity contribution in [3.8, 4) is 0 Å². The van der Waals surface area contributed by atoms with Gasteiger partial charge in [0.1, 0.15) is 0 Å². The summed E-state index contributed by atoms with van der Waals surface area (Å²) in [7, 11) is 0. The van der Waals surface area contributed by atoms with Crippen LogP contribution in [0.3, 0.4) is 0 Å². The van der Waals surface area contributed by atoms with E-state index in [1.807, 2.05) is 0 Å². The molecule has 1 atom stereocenters. The van der Waals surface area contributed by atoms with E-state index in [1.165, 1.54) is 0 Å². The molecule has 0 heterocycles. The molecule has 0 amide bonds. The summed E-state index contributed by atoms with van der Waals surface area (Å²) in [4.78, 5) is 0. The Morgan fingerprint density at radius 3 is 2.25 bits per heavy atom. The molecular formula is C5H7F2O. The summed E-state index contributed by atoms with van der Waals surface area (Å²) >= 11 is 0. The van der Waals surface area contributed by atoms with Crippen LogP contribution in [0.1, 0.15) is 19.3 Å². The van der Waals surface area contributed by atoms with Gasteiger partial charge in [0.15, 0.2) is 0 Å². The van der Waals surface area contributed by atoms with Crippen molar-refractivity contribution in [2.45, 2.75) is 31.3 Å². The van der Waals surface area contributed by atoms with Gasteiger partial charge in [-0.2, -0.15) is 0 Å². The van der Waals surface area contributed by atoms with E-state index in [1.54, 1.807) is 0 Å². The Bertz CT molecular complexity index is 92.4. The maximum absolute atomic E-state index is 12.0. The molecule has 1 aliphatic carbocycles. The van der Waals surface area contributed by atoms with Gasteiger partial charge in [0.2, 0.25) is 0 Å². The lowest BCUT2D eigenvalue weighted by molar-refractivity contribution is -0.0135. The zero-order valence-corrected chi connectivity index (χ0v) is 4.36. The van der Waals surface area contributed by atoms with E-state index in [9.17, 15) is 13.9 Å². The lowest BCUT2D eigenvalue weighted by Crippen LogP contribution is -2.10. The maximum Gasteiger partial charge on any atom is 0.250 e. The highest BCUT2D eigenvalue weighted by Crippen LogP contribution is 2.34. The van der Waals surface area contributed by atoms with Crippen LogP contribution in [0.25, 0.3) is 0 Å². The molecule has 1 radical (unpaired) electrons. The highest BCUT2D eigenvalue weighted by molar-refractivity contribution is 4.79. The van der Waals surface area contributed by atoms with Crippen LogP contribution >= 0.6 is 0 Å². The molecule has 0 aliphatic heterocycles. The molecule has 47 valence electrons. The minimum absolute atomic E-state index is 0.146. The van der Waals surface area contributed by atoms with Crippen molar-refractivity contribution < 1.29 is 13.9 Å². The normalized spacial score (nSPS) is 35.6. The van der Waals surface area contributed by atoms with Gasteiger partial charge in [-0.05, 0) is 6.42 Å². The van der Waals surface area contributed by atoms with Crippen molar-refractivity contribution in [1.82, 2.24) is 0 Å². The van der Waals surface area contributed by atoms with E-state index in [-0.39, 0.29) is 12.8 Å². The molecule has 0 aromatic rings. The van der Waals surface area contributed by atoms with Crippen molar-refractivity contribution in [1.29, 1.82) is 0 Å². The Balaban J connectivity index is 2.44. The monoisotopic (exact) mass is 121 g/mol. The van der Waals surface area contributed by atoms with Gasteiger partial charge >= 0.3 is 0 Å². The van der Waals surface area contributed by atoms with E-state index in [0.717, 1.165) is 0 Å². The quantitative estimate of drug-likeness (QED) is 0.464. The van der Waals surface area contributed by atoms with Crippen LogP contribution in [0.2, 0.25) is 0 Å². The third kappa shape index (κ3) is 1.15. The highest BCUT2D eigenvalue weighted by Gasteiger charge is 2.39. The molecule has 0 bridgehead atoms. The first-order valence-corrected chi connectivity index (χ1v) is 2.64. The van der Waals surface area contributed by atoms with E-state index < -0.39 is 18.4 Å². The first kappa shape index (κ1) is 5.95. The summed E-state index contributed by atoms with van der Waals surface area (Å²) < 4.78 is 24.0. The molecule has 1 fully saturated rings. The van der Waals surface area contributed by atoms with E-state index >= 15 is 0 Å². The number of rotatable bonds is 0. The molecule has 1 unspecified atom stereocenters. The standard InChI is InChI=1S/C5H7F2O/c6-5(7)2-1-4(8)3-5/h4H,1-3H2. The third-order valence-electron chi connectivity index (χ3n) is 1.36. The van der Waals surface area contributed by atoms with Crippen molar-refractivity contribution in [2.75, 3.05) is 0 Å². The molecule has 0 saturated heterocycles. The van der Waals surface area contributed by atoms with Crippen LogP contribution in [-0.2, 0) is 5.11 Å². The van der Waals surface area contributed by atoms with Gasteiger partial charge in [0.25, 0.3) is 5.92 Å². The molecule has 1 aliphatic rings. The third-order valence-corrected chi connectivity index (χ3v) is 1.36. The van der Waals surface area contributed by atoms with Crippen LogP contribution in [0, 0.1) is 0 Å². The zero-order valence-electron chi connectivity index (χ0n) is 4.36. The topological polar surface area (TPSA) is 19.9 Å². The number of hydrogen-bond donors (Lipinski definition) is 0. The second-order valence-corrected chi connectivity index (χ2v) is 2.22. The fraction of sp³-hybridized carbons (Fsp3) is 1.00. The van der Waals surface area contributed by atoms with Crippen LogP contribution in [0.4, 0.5) is 8.78 Å². The average Bonchev–Trinajstić information content (AvgIpc) is 1.82. The Hall–Kier alpha value is -0.180. The molecule has 0 aromatic heterocycles. The van der Waals surface area contributed by atoms with Crippen molar-refractivity contribution in [3.63, 3.8) is 0 Å². The second kappa shape index (κ2) is 1.65. The summed E-state index contributed by atoms with van der Waals surface area (Å²) in [5, 5.41) is 10.3. The SMILES string of the molecule is [O]C1CCC(F)(F)C1. The molecular weight excluding hydrogens is 114 g/mol. The summed E-state index contributed by atoms with van der Waals surface area (Å²) in [6.07, 6.45) is -1.52. The number of hydrogen-bond acceptors (Lipinski definition) is 0. The van der Waals surface area contributed by atoms with Crippen molar-refractivity contribution in [2.24, 2.45) is 0 Å². The Morgan fingerprint density at radius 2 is 2.12 bits per heavy atom. The van der Waals surface area contributed by atoms with E-state index in [4.69, 9.17) is 0 Å². The van der Waals surface area contributed by atoms with E-state index in [2.05, 4.69) is 0 Å². The minimum Gasteiger partial charge on any atom is -0.233 e. The maximum atomic E-state index is 12.0. The molecule has 1 saturated carbocycles. The molecule has 8 heavy (non-hydrogen) atoms. The minimum atomic E-state index is -2.65. The van der Waals surface area contributed by atoms with Crippen LogP contribution in [-0.4, -0.2) is 12.0 Å². The summed E-state index contributed by atoms with van der Waals surface area (Å²) in [6, 6.07) is 0. The lowest BCUT2D eigenvalue weighted by Gasteiger charge is -2.03. The smallest absolute Gasteiger partial charge is 0.233 e. The largest absolute Gasteiger partial charge is 0.250 e. The Labute approximate surface area is 46.3 Å². The predicted molar refractivity (Wildman–Crippen MR) is 23.3 cm³/mol. The zero-order chi connectivity index (χ0) is 6.20. The average molecular weight is 121 g/mol. The van der Waals surface area contributed by atoms with Crippen LogP contribution in [0.5, 0.6) is 0 Å². The Kier molecular flexibility index (Phi) is 1.23. The van der Waals surface area contributed by atoms with Crippen molar-refractivity contribution >= 4 is 0 Å². The molecule has 0 aromatic carbocycles. The molecule has 0 spiro atoms. The fourth-order valence-electron chi connectivity index (χ4n) is 0.909. The molecule has 3 heteroatoms. The number of halogens is 2. The summed E-state index contributed by atoms with van der Waals surface area (Å²) in [6.45, 7) is 0. The number of alkyl halides is 2. The predicted octanol–water partition coefficient (Wildman–Crippen LogP) is 1.60. The van der Waals surface area contributed by atoms with Gasteiger partial charge < -0.3 is 0 Å². The molecule has 1 nitrogen and oxygen atoms in total. The van der Waals surface area contributed by atoms with Gasteiger partial charge in [-0.3, -0.25) is 0 Å².